The summed E-state index contributed by atoms with van der Waals surface area (Å²) in [4.78, 5) is 25.0. The highest BCUT2D eigenvalue weighted by molar-refractivity contribution is 7.12. The fraction of sp³-hybridized carbons (Fsp3) is 0.182. The van der Waals surface area contributed by atoms with Crippen LogP contribution in [0.25, 0.3) is 0 Å². The fourth-order valence-electron chi connectivity index (χ4n) is 2.75. The molecular weight excluding hydrogens is 426 g/mol. The molecule has 0 fully saturated rings. The molecule has 3 aromatic rings. The van der Waals surface area contributed by atoms with Crippen LogP contribution in [-0.2, 0) is 13.1 Å². The first-order chi connectivity index (χ1) is 15.0. The summed E-state index contributed by atoms with van der Waals surface area (Å²) in [7, 11) is 1.35. The number of halogens is 2. The molecule has 0 saturated carbocycles. The van der Waals surface area contributed by atoms with E-state index in [1.165, 1.54) is 30.6 Å². The molecular formula is C22H20F2N2O4S. The van der Waals surface area contributed by atoms with Crippen molar-refractivity contribution in [1.29, 1.82) is 0 Å². The van der Waals surface area contributed by atoms with Crippen LogP contribution in [0.5, 0.6) is 11.5 Å². The Morgan fingerprint density at radius 3 is 2.26 bits per heavy atom. The summed E-state index contributed by atoms with van der Waals surface area (Å²) >= 11 is 1.37. The molecule has 2 aromatic carbocycles. The maximum Gasteiger partial charge on any atom is 0.387 e. The Balaban J connectivity index is 1.53. The lowest BCUT2D eigenvalue weighted by Crippen LogP contribution is -2.23. The number of benzene rings is 2. The van der Waals surface area contributed by atoms with E-state index in [0.717, 1.165) is 5.56 Å². The van der Waals surface area contributed by atoms with Crippen LogP contribution in [0, 0.1) is 0 Å². The van der Waals surface area contributed by atoms with Gasteiger partial charge in [-0.25, -0.2) is 0 Å². The van der Waals surface area contributed by atoms with Crippen LogP contribution < -0.4 is 20.1 Å². The van der Waals surface area contributed by atoms with Crippen LogP contribution in [-0.4, -0.2) is 25.5 Å². The van der Waals surface area contributed by atoms with Crippen molar-refractivity contribution in [3.8, 4) is 11.5 Å². The van der Waals surface area contributed by atoms with Crippen molar-refractivity contribution in [2.45, 2.75) is 19.7 Å². The average Bonchev–Trinajstić information content (AvgIpc) is 3.31. The molecule has 0 atom stereocenters. The number of ether oxygens (including phenoxy) is 2. The van der Waals surface area contributed by atoms with Crippen molar-refractivity contribution >= 4 is 23.2 Å². The minimum Gasteiger partial charge on any atom is -0.493 e. The normalized spacial score (nSPS) is 10.6. The maximum atomic E-state index is 12.4. The number of alkyl halides is 2. The molecule has 2 amide bonds. The van der Waals surface area contributed by atoms with E-state index in [2.05, 4.69) is 15.4 Å². The first kappa shape index (κ1) is 22.2. The van der Waals surface area contributed by atoms with E-state index in [1.807, 2.05) is 11.4 Å². The van der Waals surface area contributed by atoms with E-state index >= 15 is 0 Å². The van der Waals surface area contributed by atoms with Gasteiger partial charge in [-0.05, 0) is 46.8 Å². The summed E-state index contributed by atoms with van der Waals surface area (Å²) in [6.45, 7) is -2.42. The molecule has 2 N–H and O–H groups in total. The highest BCUT2D eigenvalue weighted by Gasteiger charge is 2.12. The minimum absolute atomic E-state index is 0.0747. The molecule has 0 aliphatic heterocycles. The number of hydrogen-bond donors (Lipinski definition) is 2. The molecule has 162 valence electrons. The van der Waals surface area contributed by atoms with E-state index < -0.39 is 6.61 Å². The van der Waals surface area contributed by atoms with Gasteiger partial charge in [0.25, 0.3) is 11.8 Å². The number of thiophene rings is 1. The Morgan fingerprint density at radius 2 is 1.61 bits per heavy atom. The zero-order chi connectivity index (χ0) is 22.2. The van der Waals surface area contributed by atoms with Crippen molar-refractivity contribution in [3.63, 3.8) is 0 Å². The largest absolute Gasteiger partial charge is 0.493 e. The van der Waals surface area contributed by atoms with Crippen molar-refractivity contribution in [1.82, 2.24) is 10.6 Å². The summed E-state index contributed by atoms with van der Waals surface area (Å²) in [5.41, 5.74) is 1.98. The third-order valence-electron chi connectivity index (χ3n) is 4.31. The molecule has 1 aromatic heterocycles. The van der Waals surface area contributed by atoms with Gasteiger partial charge in [0.1, 0.15) is 0 Å². The lowest BCUT2D eigenvalue weighted by atomic mass is 10.1. The van der Waals surface area contributed by atoms with E-state index in [1.54, 1.807) is 36.4 Å². The minimum atomic E-state index is -2.95. The smallest absolute Gasteiger partial charge is 0.387 e. The molecule has 3 rings (SSSR count). The molecule has 0 unspecified atom stereocenters. The third kappa shape index (κ3) is 6.26. The quantitative estimate of drug-likeness (QED) is 0.516. The fourth-order valence-corrected chi connectivity index (χ4v) is 3.39. The van der Waals surface area contributed by atoms with Crippen LogP contribution in [0.3, 0.4) is 0 Å². The van der Waals surface area contributed by atoms with Crippen LogP contribution in [0.1, 0.15) is 31.2 Å². The number of carbonyl (C=O) groups is 2. The Hall–Kier alpha value is -3.46. The molecule has 0 aliphatic carbocycles. The van der Waals surface area contributed by atoms with Gasteiger partial charge < -0.3 is 20.1 Å². The van der Waals surface area contributed by atoms with Crippen molar-refractivity contribution < 1.29 is 27.8 Å². The lowest BCUT2D eigenvalue weighted by molar-refractivity contribution is -0.0512. The molecule has 6 nitrogen and oxygen atoms in total. The summed E-state index contributed by atoms with van der Waals surface area (Å²) in [5, 5.41) is 7.43. The second kappa shape index (κ2) is 10.5. The number of nitrogens with one attached hydrogen (secondary N) is 2. The Labute approximate surface area is 181 Å². The second-order valence-electron chi connectivity index (χ2n) is 6.40. The second-order valence-corrected chi connectivity index (χ2v) is 7.35. The number of carbonyl (C=O) groups excluding carboxylic acids is 2. The van der Waals surface area contributed by atoms with E-state index in [4.69, 9.17) is 4.74 Å². The lowest BCUT2D eigenvalue weighted by Gasteiger charge is -2.12. The number of methoxy groups -OCH3 is 1. The van der Waals surface area contributed by atoms with Gasteiger partial charge in [-0.1, -0.05) is 24.3 Å². The third-order valence-corrected chi connectivity index (χ3v) is 5.18. The van der Waals surface area contributed by atoms with Crippen LogP contribution in [0.2, 0.25) is 0 Å². The molecule has 0 aliphatic rings. The van der Waals surface area contributed by atoms with Gasteiger partial charge in [0.05, 0.1) is 12.0 Å². The van der Waals surface area contributed by atoms with Crippen LogP contribution in [0.4, 0.5) is 8.78 Å². The summed E-state index contributed by atoms with van der Waals surface area (Å²) in [6.07, 6.45) is 0. The topological polar surface area (TPSA) is 76.7 Å². The Kier molecular flexibility index (Phi) is 7.55. The first-order valence-corrected chi connectivity index (χ1v) is 10.1. The van der Waals surface area contributed by atoms with E-state index in [-0.39, 0.29) is 29.9 Å². The highest BCUT2D eigenvalue weighted by Crippen LogP contribution is 2.29. The summed E-state index contributed by atoms with van der Waals surface area (Å²) < 4.78 is 34.2. The molecule has 9 heteroatoms. The number of rotatable bonds is 9. The Bertz CT molecular complexity index is 1020. The maximum absolute atomic E-state index is 12.4. The summed E-state index contributed by atoms with van der Waals surface area (Å²) in [6, 6.07) is 14.9. The zero-order valence-electron chi connectivity index (χ0n) is 16.6. The SMILES string of the molecule is COc1cc(CNC(=O)c2ccc(CNC(=O)c3cccs3)cc2)ccc1OC(F)F. The molecule has 0 spiro atoms. The molecule has 1 heterocycles. The first-order valence-electron chi connectivity index (χ1n) is 9.27. The van der Waals surface area contributed by atoms with Gasteiger partial charge in [0, 0.05) is 18.7 Å². The monoisotopic (exact) mass is 446 g/mol. The van der Waals surface area contributed by atoms with Gasteiger partial charge >= 0.3 is 6.61 Å². The highest BCUT2D eigenvalue weighted by atomic mass is 32.1. The van der Waals surface area contributed by atoms with Crippen LogP contribution in [0.15, 0.2) is 60.0 Å². The molecule has 31 heavy (non-hydrogen) atoms. The van der Waals surface area contributed by atoms with Gasteiger partial charge in [-0.2, -0.15) is 8.78 Å². The molecule has 0 radical (unpaired) electrons. The van der Waals surface area contributed by atoms with Crippen molar-refractivity contribution in [2.75, 3.05) is 7.11 Å². The van der Waals surface area contributed by atoms with Crippen molar-refractivity contribution in [3.05, 3.63) is 81.5 Å². The van der Waals surface area contributed by atoms with Crippen LogP contribution >= 0.6 is 11.3 Å². The Morgan fingerprint density at radius 1 is 0.935 bits per heavy atom. The number of amides is 2. The average molecular weight is 446 g/mol. The number of hydrogen-bond acceptors (Lipinski definition) is 5. The van der Waals surface area contributed by atoms with Gasteiger partial charge in [0.2, 0.25) is 0 Å². The van der Waals surface area contributed by atoms with Crippen molar-refractivity contribution in [2.24, 2.45) is 0 Å². The predicted octanol–water partition coefficient (Wildman–Crippen LogP) is 4.22. The molecule has 0 saturated heterocycles. The summed E-state index contributed by atoms with van der Waals surface area (Å²) in [5.74, 6) is -0.353. The van der Waals surface area contributed by atoms with Gasteiger partial charge in [-0.3, -0.25) is 9.59 Å². The van der Waals surface area contributed by atoms with E-state index in [0.29, 0.717) is 22.5 Å². The van der Waals surface area contributed by atoms with E-state index in [9.17, 15) is 18.4 Å². The predicted molar refractivity (Wildman–Crippen MR) is 113 cm³/mol. The molecule has 0 bridgehead atoms. The van der Waals surface area contributed by atoms with Gasteiger partial charge in [-0.15, -0.1) is 11.3 Å². The van der Waals surface area contributed by atoms with Gasteiger partial charge in [0.15, 0.2) is 11.5 Å². The zero-order valence-corrected chi connectivity index (χ0v) is 17.4. The standard InChI is InChI=1S/C22H20F2N2O4S/c1-29-18-11-15(6-9-17(18)30-22(23)24)13-25-20(27)16-7-4-14(5-8-16)12-26-21(28)19-3-2-10-31-19/h2-11,22H,12-13H2,1H3,(H,25,27)(H,26,28).